The van der Waals surface area contributed by atoms with Gasteiger partial charge in [-0.25, -0.2) is 0 Å². The first kappa shape index (κ1) is 16.2. The van der Waals surface area contributed by atoms with Gasteiger partial charge in [-0.1, -0.05) is 11.6 Å². The molecule has 24 heavy (non-hydrogen) atoms. The molecule has 1 aromatic rings. The van der Waals surface area contributed by atoms with Crippen molar-refractivity contribution in [2.45, 2.75) is 17.2 Å². The molecule has 2 saturated heterocycles. The second kappa shape index (κ2) is 6.23. The highest BCUT2D eigenvalue weighted by Crippen LogP contribution is 2.45. The number of allylic oxidation sites excluding steroid dienone is 1. The first-order valence-electron chi connectivity index (χ1n) is 7.45. The molecule has 4 N–H and O–H groups in total. The van der Waals surface area contributed by atoms with Crippen molar-refractivity contribution in [3.63, 3.8) is 0 Å². The molecule has 3 unspecified atom stereocenters. The van der Waals surface area contributed by atoms with Gasteiger partial charge in [0.05, 0.1) is 34.5 Å². The van der Waals surface area contributed by atoms with E-state index in [0.717, 1.165) is 15.3 Å². The summed E-state index contributed by atoms with van der Waals surface area (Å²) in [6.07, 6.45) is 4.35. The first-order chi connectivity index (χ1) is 11.6. The lowest BCUT2D eigenvalue weighted by Crippen LogP contribution is -2.70. The molecule has 4 rings (SSSR count). The zero-order valence-corrected chi connectivity index (χ0v) is 15.0. The topological polar surface area (TPSA) is 105 Å². The van der Waals surface area contributed by atoms with Crippen LogP contribution in [-0.4, -0.2) is 41.9 Å². The molecular formula is C14H16ClN5O2S2. The number of rotatable bonds is 2. The highest BCUT2D eigenvalue weighted by molar-refractivity contribution is 7.90. The first-order valence-corrected chi connectivity index (χ1v) is 9.86. The summed E-state index contributed by atoms with van der Waals surface area (Å²) in [5.41, 5.74) is 0.208. The fraction of sp³-hybridized carbons (Fsp3) is 0.429. The van der Waals surface area contributed by atoms with Crippen LogP contribution in [0.5, 0.6) is 0 Å². The number of thiophene rings is 1. The van der Waals surface area contributed by atoms with Crippen molar-refractivity contribution >= 4 is 52.0 Å². The molecule has 3 aliphatic rings. The van der Waals surface area contributed by atoms with Crippen molar-refractivity contribution in [1.29, 1.82) is 5.41 Å². The van der Waals surface area contributed by atoms with Gasteiger partial charge in [-0.15, -0.1) is 11.3 Å². The fourth-order valence-corrected chi connectivity index (χ4v) is 6.26. The van der Waals surface area contributed by atoms with Gasteiger partial charge in [0.1, 0.15) is 12.2 Å². The molecule has 3 atom stereocenters. The minimum absolute atomic E-state index is 0.0289. The third-order valence-corrected chi connectivity index (χ3v) is 7.59. The molecule has 0 radical (unpaired) electrons. The molecule has 2 fully saturated rings. The van der Waals surface area contributed by atoms with E-state index in [1.165, 1.54) is 11.3 Å². The van der Waals surface area contributed by atoms with Crippen LogP contribution in [0.4, 0.5) is 0 Å². The van der Waals surface area contributed by atoms with E-state index in [0.29, 0.717) is 31.3 Å². The van der Waals surface area contributed by atoms with Gasteiger partial charge < -0.3 is 19.9 Å². The highest BCUT2D eigenvalue weighted by Gasteiger charge is 2.56. The zero-order valence-electron chi connectivity index (χ0n) is 12.6. The second-order valence-corrected chi connectivity index (χ2v) is 8.59. The molecule has 0 aromatic carbocycles. The number of halogens is 1. The maximum Gasteiger partial charge on any atom is 0.231 e. The molecule has 0 saturated carbocycles. The molecule has 7 nitrogen and oxygen atoms in total. The Balaban J connectivity index is 1.77. The van der Waals surface area contributed by atoms with E-state index >= 15 is 0 Å². The maximum absolute atomic E-state index is 12.5. The van der Waals surface area contributed by atoms with E-state index in [1.807, 2.05) is 18.5 Å². The number of aliphatic imine (C=N–C) groups is 1. The molecule has 128 valence electrons. The van der Waals surface area contributed by atoms with Gasteiger partial charge in [-0.05, 0) is 6.07 Å². The number of guanidine groups is 1. The summed E-state index contributed by atoms with van der Waals surface area (Å²) in [6, 6.07) is 1.89. The maximum atomic E-state index is 12.5. The number of nitrogens with one attached hydrogen (secondary N) is 4. The van der Waals surface area contributed by atoms with Crippen LogP contribution in [0, 0.1) is 5.41 Å². The van der Waals surface area contributed by atoms with Crippen LogP contribution in [0.15, 0.2) is 17.3 Å². The predicted molar refractivity (Wildman–Crippen MR) is 96.8 cm³/mol. The third-order valence-electron chi connectivity index (χ3n) is 4.26. The van der Waals surface area contributed by atoms with Gasteiger partial charge in [0.25, 0.3) is 0 Å². The van der Waals surface area contributed by atoms with Gasteiger partial charge in [0.2, 0.25) is 5.96 Å². The van der Waals surface area contributed by atoms with Crippen LogP contribution in [0.1, 0.15) is 16.2 Å². The van der Waals surface area contributed by atoms with E-state index in [1.54, 1.807) is 0 Å². The van der Waals surface area contributed by atoms with Crippen molar-refractivity contribution in [2.24, 2.45) is 4.99 Å². The average molecular weight is 386 g/mol. The summed E-state index contributed by atoms with van der Waals surface area (Å²) >= 11 is 6.71. The monoisotopic (exact) mass is 385 g/mol. The Hall–Kier alpha value is -1.26. The van der Waals surface area contributed by atoms with Crippen molar-refractivity contribution in [2.75, 3.05) is 19.9 Å². The van der Waals surface area contributed by atoms with Crippen molar-refractivity contribution in [3.8, 4) is 0 Å². The summed E-state index contributed by atoms with van der Waals surface area (Å²) in [7, 11) is 0. The number of nitrogens with zero attached hydrogens (tertiary/aromatic N) is 1. The Kier molecular flexibility index (Phi) is 4.21. The Morgan fingerprint density at radius 3 is 3.21 bits per heavy atom. The smallest absolute Gasteiger partial charge is 0.231 e. The van der Waals surface area contributed by atoms with Gasteiger partial charge in [-0.2, -0.15) is 4.72 Å². The van der Waals surface area contributed by atoms with Crippen LogP contribution < -0.4 is 15.4 Å². The van der Waals surface area contributed by atoms with E-state index in [9.17, 15) is 4.55 Å². The Bertz CT molecular complexity index is 737. The summed E-state index contributed by atoms with van der Waals surface area (Å²) in [6.45, 7) is 1.45. The lowest BCUT2D eigenvalue weighted by Gasteiger charge is -2.46. The normalized spacial score (nSPS) is 32.2. The van der Waals surface area contributed by atoms with Gasteiger partial charge >= 0.3 is 0 Å². The largest absolute Gasteiger partial charge is 0.593 e. The quantitative estimate of drug-likeness (QED) is 0.572. The second-order valence-electron chi connectivity index (χ2n) is 5.76. The van der Waals surface area contributed by atoms with Gasteiger partial charge in [-0.3, -0.25) is 10.4 Å². The van der Waals surface area contributed by atoms with Crippen molar-refractivity contribution in [1.82, 2.24) is 15.4 Å². The van der Waals surface area contributed by atoms with E-state index in [4.69, 9.17) is 21.7 Å². The Morgan fingerprint density at radius 1 is 1.54 bits per heavy atom. The Labute approximate surface area is 151 Å². The summed E-state index contributed by atoms with van der Waals surface area (Å²) in [4.78, 5) is 6.04. The number of hydrogen-bond donors (Lipinski definition) is 4. The molecule has 4 heterocycles. The summed E-state index contributed by atoms with van der Waals surface area (Å²) < 4.78 is 20.9. The number of fused-ring (bicyclic) bond motifs is 1. The lowest BCUT2D eigenvalue weighted by atomic mass is 9.89. The molecular weight excluding hydrogens is 370 g/mol. The lowest BCUT2D eigenvalue weighted by molar-refractivity contribution is 0.0292. The summed E-state index contributed by atoms with van der Waals surface area (Å²) in [5, 5.41) is 14.5. The van der Waals surface area contributed by atoms with Gasteiger partial charge in [0.15, 0.2) is 5.25 Å². The predicted octanol–water partition coefficient (Wildman–Crippen LogP) is 1.15. The molecule has 0 bridgehead atoms. The Morgan fingerprint density at radius 2 is 2.42 bits per heavy atom. The third kappa shape index (κ3) is 2.60. The standard InChI is InChI=1S/C14H16ClN5O2S2/c15-9-3-10(8-4-17-7-18-5-8)23-12(9)14-6-22-2-1-11(14)24(21)20-13(16)19-14/h3-5,11,17H,1-2,6-7H2,(H3,16,19,20). The van der Waals surface area contributed by atoms with Crippen molar-refractivity contribution in [3.05, 3.63) is 27.0 Å². The molecule has 0 amide bonds. The molecule has 0 aliphatic carbocycles. The molecule has 3 aliphatic heterocycles. The van der Waals surface area contributed by atoms with E-state index < -0.39 is 16.9 Å². The SMILES string of the molecule is N=C1N[S+]([O-])C2CCOCC2(c2sc(C3=CNCN=C3)cc2Cl)N1. The zero-order chi connectivity index (χ0) is 16.7. The van der Waals surface area contributed by atoms with Crippen LogP contribution >= 0.6 is 22.9 Å². The van der Waals surface area contributed by atoms with Crippen LogP contribution in [0.25, 0.3) is 5.57 Å². The average Bonchev–Trinajstić information content (AvgIpc) is 2.98. The van der Waals surface area contributed by atoms with Crippen LogP contribution in [0.3, 0.4) is 0 Å². The van der Waals surface area contributed by atoms with Crippen molar-refractivity contribution < 1.29 is 9.29 Å². The summed E-state index contributed by atoms with van der Waals surface area (Å²) in [5.74, 6) is 0.0289. The fourth-order valence-electron chi connectivity index (χ4n) is 3.20. The number of ether oxygens (including phenoxy) is 1. The van der Waals surface area contributed by atoms with Crippen LogP contribution in [0.2, 0.25) is 5.02 Å². The van der Waals surface area contributed by atoms with Gasteiger partial charge in [0, 0.05) is 29.3 Å². The highest BCUT2D eigenvalue weighted by atomic mass is 35.5. The van der Waals surface area contributed by atoms with E-state index in [2.05, 4.69) is 20.3 Å². The van der Waals surface area contributed by atoms with E-state index in [-0.39, 0.29) is 11.2 Å². The minimum atomic E-state index is -1.35. The minimum Gasteiger partial charge on any atom is -0.593 e. The molecule has 10 heteroatoms. The molecule has 0 spiro atoms. The number of hydrogen-bond acceptors (Lipinski definition) is 6. The van der Waals surface area contributed by atoms with Crippen LogP contribution in [-0.2, 0) is 21.6 Å². The molecule has 1 aromatic heterocycles.